The van der Waals surface area contributed by atoms with Gasteiger partial charge in [0, 0.05) is 56.3 Å². The van der Waals surface area contributed by atoms with E-state index in [1.807, 2.05) is 30.3 Å². The highest BCUT2D eigenvalue weighted by Gasteiger charge is 2.34. The molecule has 0 unspecified atom stereocenters. The molecule has 1 fully saturated rings. The average Bonchev–Trinajstić information content (AvgIpc) is 3.50. The summed E-state index contributed by atoms with van der Waals surface area (Å²) in [5.41, 5.74) is 5.15. The fourth-order valence-electron chi connectivity index (χ4n) is 4.16. The van der Waals surface area contributed by atoms with Crippen LogP contribution in [0.2, 0.25) is 0 Å². The van der Waals surface area contributed by atoms with Gasteiger partial charge >= 0.3 is 0 Å². The summed E-state index contributed by atoms with van der Waals surface area (Å²) >= 11 is 0. The summed E-state index contributed by atoms with van der Waals surface area (Å²) in [7, 11) is 1.85. The number of aromatic nitrogens is 8. The van der Waals surface area contributed by atoms with Crippen LogP contribution < -0.4 is 4.90 Å². The van der Waals surface area contributed by atoms with Crippen molar-refractivity contribution in [2.45, 2.75) is 18.8 Å². The first-order valence-electron chi connectivity index (χ1n) is 10.3. The summed E-state index contributed by atoms with van der Waals surface area (Å²) in [5, 5.41) is 12.5. The highest BCUT2D eigenvalue weighted by Crippen LogP contribution is 2.34. The number of hydrogen-bond donors (Lipinski definition) is 2. The van der Waals surface area contributed by atoms with Crippen molar-refractivity contribution in [1.29, 1.82) is 0 Å². The molecular weight excluding hydrogens is 416 g/mol. The molecule has 0 aliphatic carbocycles. The maximum atomic E-state index is 13.6. The molecule has 0 radical (unpaired) electrons. The van der Waals surface area contributed by atoms with Crippen molar-refractivity contribution in [2.75, 3.05) is 18.0 Å². The first-order chi connectivity index (χ1) is 15.5. The number of aromatic amines is 2. The molecule has 0 aromatic carbocycles. The Hall–Kier alpha value is -3.89. The van der Waals surface area contributed by atoms with Crippen molar-refractivity contribution in [3.8, 4) is 22.8 Å². The Balaban J connectivity index is 1.42. The van der Waals surface area contributed by atoms with Crippen LogP contribution in [-0.4, -0.2) is 58.9 Å². The third-order valence-corrected chi connectivity index (χ3v) is 5.88. The van der Waals surface area contributed by atoms with Crippen LogP contribution >= 0.6 is 0 Å². The highest BCUT2D eigenvalue weighted by molar-refractivity contribution is 5.95. The second-order valence-electron chi connectivity index (χ2n) is 8.05. The van der Waals surface area contributed by atoms with Gasteiger partial charge in [0.25, 0.3) is 5.92 Å². The number of halogens is 2. The lowest BCUT2D eigenvalue weighted by Gasteiger charge is -2.33. The molecule has 1 aliphatic rings. The van der Waals surface area contributed by atoms with Crippen molar-refractivity contribution in [3.05, 3.63) is 36.9 Å². The van der Waals surface area contributed by atoms with E-state index in [2.05, 4.69) is 35.2 Å². The average molecular weight is 435 g/mol. The van der Waals surface area contributed by atoms with Crippen molar-refractivity contribution in [2.24, 2.45) is 7.05 Å². The van der Waals surface area contributed by atoms with Crippen molar-refractivity contribution in [3.63, 3.8) is 0 Å². The Labute approximate surface area is 180 Å². The van der Waals surface area contributed by atoms with Gasteiger partial charge in [-0.2, -0.15) is 10.2 Å². The molecule has 1 saturated heterocycles. The highest BCUT2D eigenvalue weighted by atomic mass is 19.3. The fourth-order valence-corrected chi connectivity index (χ4v) is 4.16. The van der Waals surface area contributed by atoms with E-state index in [0.29, 0.717) is 22.7 Å². The van der Waals surface area contributed by atoms with Gasteiger partial charge in [0.2, 0.25) is 0 Å². The van der Waals surface area contributed by atoms with Crippen molar-refractivity contribution < 1.29 is 8.78 Å². The van der Waals surface area contributed by atoms with Crippen LogP contribution in [-0.2, 0) is 7.05 Å². The molecule has 6 heterocycles. The van der Waals surface area contributed by atoms with E-state index in [1.165, 1.54) is 0 Å². The lowest BCUT2D eigenvalue weighted by molar-refractivity contribution is -0.0220. The summed E-state index contributed by atoms with van der Waals surface area (Å²) in [5.74, 6) is -2.05. The summed E-state index contributed by atoms with van der Waals surface area (Å²) in [6.45, 7) is 0.567. The normalized spacial score (nSPS) is 16.3. The Morgan fingerprint density at radius 1 is 1.12 bits per heavy atom. The third-order valence-electron chi connectivity index (χ3n) is 5.88. The fraction of sp³-hybridized carbons (Fsp3) is 0.286. The number of piperidine rings is 1. The molecule has 6 rings (SSSR count). The maximum absolute atomic E-state index is 13.6. The maximum Gasteiger partial charge on any atom is 0.251 e. The van der Waals surface area contributed by atoms with E-state index in [1.54, 1.807) is 23.3 Å². The number of pyridine rings is 2. The van der Waals surface area contributed by atoms with Crippen molar-refractivity contribution >= 4 is 27.8 Å². The smallest absolute Gasteiger partial charge is 0.251 e. The van der Waals surface area contributed by atoms with Gasteiger partial charge in [0.1, 0.15) is 11.2 Å². The quantitative estimate of drug-likeness (QED) is 0.449. The molecule has 2 N–H and O–H groups in total. The van der Waals surface area contributed by atoms with Gasteiger partial charge in [-0.05, 0) is 12.1 Å². The second-order valence-corrected chi connectivity index (χ2v) is 8.05. The minimum absolute atomic E-state index is 0.161. The second kappa shape index (κ2) is 6.81. The number of nitrogens with one attached hydrogen (secondary N) is 2. The summed E-state index contributed by atoms with van der Waals surface area (Å²) in [6, 6.07) is 3.78. The largest absolute Gasteiger partial charge is 0.369 e. The van der Waals surface area contributed by atoms with Gasteiger partial charge in [-0.1, -0.05) is 0 Å². The SMILES string of the molecule is Cn1cc(-c2cc3c(-c4nc5nccc(N6CCC(F)(F)CC6)c5[nH]4)n[nH]c3cn2)cn1. The molecule has 9 nitrogen and oxygen atoms in total. The molecule has 11 heteroatoms. The predicted molar refractivity (Wildman–Crippen MR) is 115 cm³/mol. The number of hydrogen-bond acceptors (Lipinski definition) is 6. The standard InChI is InChI=1S/C21H19F2N9/c1-31-11-12(9-26-31)14-8-13-15(10-25-14)29-30-17(13)20-27-18-16(2-5-24-19(18)28-20)32-6-3-21(22,23)4-7-32/h2,5,8-11H,3-4,6-7H2,1H3,(H,29,30)(H,24,27,28). The molecule has 162 valence electrons. The predicted octanol–water partition coefficient (Wildman–Crippen LogP) is 3.53. The minimum Gasteiger partial charge on any atom is -0.369 e. The van der Waals surface area contributed by atoms with Gasteiger partial charge in [0.05, 0.1) is 29.3 Å². The number of imidazole rings is 1. The van der Waals surface area contributed by atoms with E-state index in [0.717, 1.165) is 27.8 Å². The Morgan fingerprint density at radius 3 is 2.75 bits per heavy atom. The number of H-pyrrole nitrogens is 2. The number of fused-ring (bicyclic) bond motifs is 2. The molecule has 5 aromatic rings. The molecule has 0 spiro atoms. The molecule has 1 aliphatic heterocycles. The zero-order chi connectivity index (χ0) is 21.9. The van der Waals surface area contributed by atoms with E-state index in [-0.39, 0.29) is 25.9 Å². The summed E-state index contributed by atoms with van der Waals surface area (Å²) < 4.78 is 29.0. The first kappa shape index (κ1) is 18.8. The monoisotopic (exact) mass is 435 g/mol. The number of nitrogens with zero attached hydrogens (tertiary/aromatic N) is 7. The summed E-state index contributed by atoms with van der Waals surface area (Å²) in [6.07, 6.45) is 6.72. The van der Waals surface area contributed by atoms with E-state index >= 15 is 0 Å². The Kier molecular flexibility index (Phi) is 4.01. The van der Waals surface area contributed by atoms with Crippen LogP contribution in [0.3, 0.4) is 0 Å². The molecule has 0 amide bonds. The molecule has 0 bridgehead atoms. The van der Waals surface area contributed by atoms with Crippen LogP contribution in [0.5, 0.6) is 0 Å². The van der Waals surface area contributed by atoms with Gasteiger partial charge in [-0.3, -0.25) is 14.8 Å². The molecule has 5 aromatic heterocycles. The summed E-state index contributed by atoms with van der Waals surface area (Å²) in [4.78, 5) is 18.8. The number of rotatable bonds is 3. The zero-order valence-corrected chi connectivity index (χ0v) is 17.2. The van der Waals surface area contributed by atoms with Crippen LogP contribution in [0.25, 0.3) is 44.8 Å². The van der Waals surface area contributed by atoms with Crippen molar-refractivity contribution in [1.82, 2.24) is 39.9 Å². The van der Waals surface area contributed by atoms with Gasteiger partial charge in [-0.25, -0.2) is 18.7 Å². The van der Waals surface area contributed by atoms with Crippen LogP contribution in [0.4, 0.5) is 14.5 Å². The topological polar surface area (TPSA) is 104 Å². The molecule has 0 atom stereocenters. The first-order valence-corrected chi connectivity index (χ1v) is 10.3. The lowest BCUT2D eigenvalue weighted by atomic mass is 10.1. The number of aryl methyl sites for hydroxylation is 1. The zero-order valence-electron chi connectivity index (χ0n) is 17.2. The van der Waals surface area contributed by atoms with E-state index < -0.39 is 5.92 Å². The van der Waals surface area contributed by atoms with E-state index in [9.17, 15) is 8.78 Å². The number of alkyl halides is 2. The molecule has 0 saturated carbocycles. The lowest BCUT2D eigenvalue weighted by Crippen LogP contribution is -2.39. The van der Waals surface area contributed by atoms with Gasteiger partial charge in [0.15, 0.2) is 11.5 Å². The Bertz CT molecular complexity index is 1440. The Morgan fingerprint density at radius 2 is 1.97 bits per heavy atom. The van der Waals surface area contributed by atoms with E-state index in [4.69, 9.17) is 0 Å². The van der Waals surface area contributed by atoms with Gasteiger partial charge in [-0.15, -0.1) is 0 Å². The molecular formula is C21H19F2N9. The minimum atomic E-state index is -2.60. The molecule has 32 heavy (non-hydrogen) atoms. The van der Waals surface area contributed by atoms with Crippen LogP contribution in [0, 0.1) is 0 Å². The third kappa shape index (κ3) is 3.08. The van der Waals surface area contributed by atoms with Crippen LogP contribution in [0.15, 0.2) is 36.9 Å². The number of anilines is 1. The van der Waals surface area contributed by atoms with Gasteiger partial charge < -0.3 is 9.88 Å². The van der Waals surface area contributed by atoms with Crippen LogP contribution in [0.1, 0.15) is 12.8 Å².